The Morgan fingerprint density at radius 1 is 0.703 bits per heavy atom. The summed E-state index contributed by atoms with van der Waals surface area (Å²) in [6.45, 7) is 1.91. The van der Waals surface area contributed by atoms with Crippen molar-refractivity contribution in [1.29, 1.82) is 0 Å². The number of hydrogen-bond donors (Lipinski definition) is 4. The summed E-state index contributed by atoms with van der Waals surface area (Å²) in [7, 11) is 4.33. The number of anilines is 1. The summed E-state index contributed by atoms with van der Waals surface area (Å²) >= 11 is 5.10. The van der Waals surface area contributed by atoms with Crippen LogP contribution >= 0.6 is 12.2 Å². The van der Waals surface area contributed by atoms with Crippen LogP contribution in [0.2, 0.25) is 0 Å². The molecule has 0 aliphatic carbocycles. The molecule has 11 heteroatoms. The lowest BCUT2D eigenvalue weighted by Gasteiger charge is -2.15. The molecule has 3 aromatic rings. The quantitative estimate of drug-likeness (QED) is 0.275. The van der Waals surface area contributed by atoms with Gasteiger partial charge in [-0.25, -0.2) is 0 Å². The van der Waals surface area contributed by atoms with Crippen LogP contribution in [0.4, 0.5) is 5.69 Å². The third-order valence-corrected chi connectivity index (χ3v) is 5.33. The number of aryl methyl sites for hydroxylation is 1. The molecule has 0 saturated heterocycles. The Kier molecular flexibility index (Phi) is 9.00. The van der Waals surface area contributed by atoms with Crippen molar-refractivity contribution in [2.24, 2.45) is 0 Å². The van der Waals surface area contributed by atoms with Gasteiger partial charge in [0.2, 0.25) is 5.75 Å². The summed E-state index contributed by atoms with van der Waals surface area (Å²) in [6.07, 6.45) is 0. The second-order valence-electron chi connectivity index (χ2n) is 7.68. The molecule has 0 aliphatic heterocycles. The minimum absolute atomic E-state index is 0.130. The summed E-state index contributed by atoms with van der Waals surface area (Å²) in [5, 5.41) is 5.11. The number of thiocarbonyl (C=S) groups is 1. The zero-order valence-corrected chi connectivity index (χ0v) is 21.4. The number of rotatable bonds is 7. The molecule has 4 N–H and O–H groups in total. The molecular weight excluding hydrogens is 496 g/mol. The van der Waals surface area contributed by atoms with Crippen LogP contribution in [0.25, 0.3) is 0 Å². The van der Waals surface area contributed by atoms with Crippen LogP contribution in [0.5, 0.6) is 17.2 Å². The Bertz CT molecular complexity index is 1300. The summed E-state index contributed by atoms with van der Waals surface area (Å²) in [5.74, 6) is -0.359. The average Bonchev–Trinajstić information content (AvgIpc) is 2.91. The molecule has 0 aromatic heterocycles. The van der Waals surface area contributed by atoms with E-state index in [1.807, 2.05) is 19.1 Å². The van der Waals surface area contributed by atoms with Crippen molar-refractivity contribution in [3.63, 3.8) is 0 Å². The van der Waals surface area contributed by atoms with E-state index in [0.717, 1.165) is 5.56 Å². The first-order valence-corrected chi connectivity index (χ1v) is 11.4. The summed E-state index contributed by atoms with van der Waals surface area (Å²) < 4.78 is 15.7. The molecule has 0 unspecified atom stereocenters. The van der Waals surface area contributed by atoms with Crippen molar-refractivity contribution >= 4 is 40.7 Å². The monoisotopic (exact) mass is 522 g/mol. The number of nitrogens with one attached hydrogen (secondary N) is 4. The van der Waals surface area contributed by atoms with E-state index in [-0.39, 0.29) is 16.6 Å². The van der Waals surface area contributed by atoms with Crippen LogP contribution < -0.4 is 35.7 Å². The molecule has 0 heterocycles. The topological polar surface area (TPSA) is 127 Å². The Morgan fingerprint density at radius 2 is 1.35 bits per heavy atom. The highest BCUT2D eigenvalue weighted by Crippen LogP contribution is 2.38. The van der Waals surface area contributed by atoms with Crippen LogP contribution in [0.3, 0.4) is 0 Å². The van der Waals surface area contributed by atoms with Gasteiger partial charge in [-0.2, -0.15) is 0 Å². The SMILES string of the molecule is COc1cc(C(=O)NC(=S)NNC(=O)c2ccc(NC(=O)c3cccc(C)c3)cc2)cc(OC)c1OC. The van der Waals surface area contributed by atoms with E-state index in [1.165, 1.54) is 33.5 Å². The minimum atomic E-state index is -0.556. The maximum Gasteiger partial charge on any atom is 0.269 e. The van der Waals surface area contributed by atoms with Gasteiger partial charge in [0.15, 0.2) is 16.6 Å². The zero-order chi connectivity index (χ0) is 26.9. The minimum Gasteiger partial charge on any atom is -0.493 e. The Hall–Kier alpha value is -4.64. The van der Waals surface area contributed by atoms with Crippen molar-refractivity contribution in [1.82, 2.24) is 16.2 Å². The van der Waals surface area contributed by atoms with Crippen molar-refractivity contribution in [2.45, 2.75) is 6.92 Å². The highest BCUT2D eigenvalue weighted by molar-refractivity contribution is 7.80. The van der Waals surface area contributed by atoms with Gasteiger partial charge in [-0.1, -0.05) is 17.7 Å². The highest BCUT2D eigenvalue weighted by atomic mass is 32.1. The predicted octanol–water partition coefficient (Wildman–Crippen LogP) is 3.22. The van der Waals surface area contributed by atoms with Crippen LogP contribution in [-0.2, 0) is 0 Å². The number of carbonyl (C=O) groups is 3. The predicted molar refractivity (Wildman–Crippen MR) is 142 cm³/mol. The molecule has 0 fully saturated rings. The van der Waals surface area contributed by atoms with Crippen LogP contribution in [0.15, 0.2) is 60.7 Å². The molecule has 0 aliphatic rings. The maximum atomic E-state index is 12.6. The summed E-state index contributed by atoms with van der Waals surface area (Å²) in [5.41, 5.74) is 7.44. The molecule has 0 radical (unpaired) electrons. The molecule has 192 valence electrons. The van der Waals surface area contributed by atoms with E-state index in [1.54, 1.807) is 36.4 Å². The number of hydrazine groups is 1. The molecule has 3 aromatic carbocycles. The Labute approximate surface area is 219 Å². The van der Waals surface area contributed by atoms with E-state index in [9.17, 15) is 14.4 Å². The van der Waals surface area contributed by atoms with Gasteiger partial charge in [-0.15, -0.1) is 0 Å². The van der Waals surface area contributed by atoms with Gasteiger partial charge in [0.1, 0.15) is 0 Å². The van der Waals surface area contributed by atoms with Crippen LogP contribution in [0, 0.1) is 6.92 Å². The van der Waals surface area contributed by atoms with Gasteiger partial charge >= 0.3 is 0 Å². The smallest absolute Gasteiger partial charge is 0.269 e. The first kappa shape index (κ1) is 27.0. The third-order valence-electron chi connectivity index (χ3n) is 5.13. The number of carbonyl (C=O) groups excluding carboxylic acids is 3. The summed E-state index contributed by atoms with van der Waals surface area (Å²) in [4.78, 5) is 37.5. The van der Waals surface area contributed by atoms with Crippen molar-refractivity contribution < 1.29 is 28.6 Å². The largest absolute Gasteiger partial charge is 0.493 e. The fraction of sp³-hybridized carbons (Fsp3) is 0.154. The van der Waals surface area contributed by atoms with Gasteiger partial charge in [0.05, 0.1) is 21.3 Å². The number of benzene rings is 3. The Morgan fingerprint density at radius 3 is 1.92 bits per heavy atom. The molecule has 0 saturated carbocycles. The number of hydrogen-bond acceptors (Lipinski definition) is 7. The molecule has 37 heavy (non-hydrogen) atoms. The normalized spacial score (nSPS) is 10.1. The van der Waals surface area contributed by atoms with E-state index in [0.29, 0.717) is 34.1 Å². The second-order valence-corrected chi connectivity index (χ2v) is 8.09. The van der Waals surface area contributed by atoms with Crippen molar-refractivity contribution in [2.75, 3.05) is 26.6 Å². The molecule has 3 rings (SSSR count). The fourth-order valence-electron chi connectivity index (χ4n) is 3.30. The fourth-order valence-corrected chi connectivity index (χ4v) is 3.44. The summed E-state index contributed by atoms with van der Waals surface area (Å²) in [6, 6.07) is 16.5. The van der Waals surface area contributed by atoms with Crippen molar-refractivity contribution in [3.05, 3.63) is 82.9 Å². The first-order chi connectivity index (χ1) is 17.7. The molecule has 0 bridgehead atoms. The number of ether oxygens (including phenoxy) is 3. The third kappa shape index (κ3) is 6.95. The van der Waals surface area contributed by atoms with Crippen LogP contribution in [-0.4, -0.2) is 44.2 Å². The van der Waals surface area contributed by atoms with Gasteiger partial charge in [0.25, 0.3) is 17.7 Å². The lowest BCUT2D eigenvalue weighted by molar-refractivity contribution is 0.0934. The standard InChI is InChI=1S/C26H26N4O6S/c1-15-6-5-7-17(12-15)23(31)27-19-10-8-16(9-11-19)25(33)29-30-26(37)28-24(32)18-13-20(34-2)22(36-4)21(14-18)35-3/h5-14H,1-4H3,(H,27,31)(H,29,33)(H2,28,30,32,37). The molecular formula is C26H26N4O6S. The van der Waals surface area contributed by atoms with Gasteiger partial charge in [0, 0.05) is 22.4 Å². The van der Waals surface area contributed by atoms with Crippen LogP contribution in [0.1, 0.15) is 36.6 Å². The lowest BCUT2D eigenvalue weighted by atomic mass is 10.1. The van der Waals surface area contributed by atoms with Crippen molar-refractivity contribution in [3.8, 4) is 17.2 Å². The molecule has 0 atom stereocenters. The average molecular weight is 523 g/mol. The van der Waals surface area contributed by atoms with Gasteiger partial charge in [-0.3, -0.25) is 30.6 Å². The first-order valence-electron chi connectivity index (χ1n) is 11.0. The number of methoxy groups -OCH3 is 3. The number of amides is 3. The van der Waals surface area contributed by atoms with E-state index in [2.05, 4.69) is 21.5 Å². The zero-order valence-electron chi connectivity index (χ0n) is 20.6. The molecule has 0 spiro atoms. The van der Waals surface area contributed by atoms with E-state index >= 15 is 0 Å². The highest BCUT2D eigenvalue weighted by Gasteiger charge is 2.18. The second kappa shape index (κ2) is 12.4. The van der Waals surface area contributed by atoms with Gasteiger partial charge in [-0.05, 0) is 67.7 Å². The van der Waals surface area contributed by atoms with E-state index < -0.39 is 11.8 Å². The van der Waals surface area contributed by atoms with Gasteiger partial charge < -0.3 is 19.5 Å². The lowest BCUT2D eigenvalue weighted by Crippen LogP contribution is -2.48. The van der Waals surface area contributed by atoms with E-state index in [4.69, 9.17) is 26.4 Å². The molecule has 3 amide bonds. The molecule has 10 nitrogen and oxygen atoms in total. The Balaban J connectivity index is 1.55. The maximum absolute atomic E-state index is 12.6.